The smallest absolute Gasteiger partial charge is 0.290 e. The first-order valence-electron chi connectivity index (χ1n) is 8.66. The fourth-order valence-corrected chi connectivity index (χ4v) is 4.91. The number of rotatable bonds is 6. The van der Waals surface area contributed by atoms with Gasteiger partial charge < -0.3 is 9.64 Å². The Balaban J connectivity index is 1.82. The van der Waals surface area contributed by atoms with Crippen LogP contribution in [-0.4, -0.2) is 39.6 Å². The molecule has 1 heterocycles. The van der Waals surface area contributed by atoms with Gasteiger partial charge >= 0.3 is 0 Å². The highest BCUT2D eigenvalue weighted by atomic mass is 35.5. The van der Waals surface area contributed by atoms with E-state index in [0.717, 1.165) is 30.8 Å². The average molecular weight is 426 g/mol. The molecular weight excluding hydrogens is 406 g/mol. The van der Waals surface area contributed by atoms with Gasteiger partial charge in [0.1, 0.15) is 5.75 Å². The summed E-state index contributed by atoms with van der Waals surface area (Å²) in [5.41, 5.74) is 0.337. The third-order valence-electron chi connectivity index (χ3n) is 4.58. The number of ether oxygens (including phenoxy) is 1. The topological polar surface area (TPSA) is 102 Å². The summed E-state index contributed by atoms with van der Waals surface area (Å²) in [4.78, 5) is 12.2. The lowest BCUT2D eigenvalue weighted by Crippen LogP contribution is -2.47. The summed E-state index contributed by atoms with van der Waals surface area (Å²) in [5.74, 6) is 0.708. The molecule has 1 saturated heterocycles. The highest BCUT2D eigenvalue weighted by molar-refractivity contribution is 7.89. The van der Waals surface area contributed by atoms with Crippen molar-refractivity contribution in [1.29, 1.82) is 0 Å². The number of anilines is 1. The standard InChI is InChI=1S/C18H20ClN3O5S/c1-27-17-7-3-2-6-15(17)21-10-4-5-14(12-21)20-28(25,26)18-9-8-13(19)11-16(18)22(23)24/h2-3,6-9,11,14,20H,4-5,10,12H2,1H3. The van der Waals surface area contributed by atoms with E-state index in [1.807, 2.05) is 29.2 Å². The van der Waals surface area contributed by atoms with E-state index in [1.54, 1.807) is 7.11 Å². The number of nitro groups is 1. The molecule has 0 saturated carbocycles. The fourth-order valence-electron chi connectivity index (χ4n) is 3.33. The van der Waals surface area contributed by atoms with Crippen LogP contribution >= 0.6 is 11.6 Å². The van der Waals surface area contributed by atoms with Crippen molar-refractivity contribution in [3.8, 4) is 5.75 Å². The lowest BCUT2D eigenvalue weighted by molar-refractivity contribution is -0.387. The second-order valence-electron chi connectivity index (χ2n) is 6.45. The SMILES string of the molecule is COc1ccccc1N1CCCC(NS(=O)(=O)c2ccc(Cl)cc2[N+](=O)[O-])C1. The zero-order chi connectivity index (χ0) is 20.3. The molecule has 0 aromatic heterocycles. The first-order valence-corrected chi connectivity index (χ1v) is 10.5. The summed E-state index contributed by atoms with van der Waals surface area (Å²) >= 11 is 5.78. The third kappa shape index (κ3) is 4.37. The molecule has 0 amide bonds. The molecule has 150 valence electrons. The molecule has 1 aliphatic rings. The van der Waals surface area contributed by atoms with Gasteiger partial charge in [0, 0.05) is 30.2 Å². The molecule has 10 heteroatoms. The molecule has 2 aromatic rings. The lowest BCUT2D eigenvalue weighted by Gasteiger charge is -2.35. The van der Waals surface area contributed by atoms with Crippen LogP contribution in [0.25, 0.3) is 0 Å². The summed E-state index contributed by atoms with van der Waals surface area (Å²) in [6.07, 6.45) is 1.40. The molecule has 8 nitrogen and oxygen atoms in total. The highest BCUT2D eigenvalue weighted by Crippen LogP contribution is 2.31. The van der Waals surface area contributed by atoms with Crippen LogP contribution in [0.15, 0.2) is 47.4 Å². The van der Waals surface area contributed by atoms with E-state index in [1.165, 1.54) is 6.07 Å². The van der Waals surface area contributed by atoms with Crippen molar-refractivity contribution in [3.63, 3.8) is 0 Å². The molecule has 3 rings (SSSR count). The van der Waals surface area contributed by atoms with Crippen molar-refractivity contribution in [1.82, 2.24) is 4.72 Å². The van der Waals surface area contributed by atoms with Gasteiger partial charge in [-0.05, 0) is 37.1 Å². The Morgan fingerprint density at radius 3 is 2.75 bits per heavy atom. The molecule has 1 unspecified atom stereocenters. The van der Waals surface area contributed by atoms with Crippen LogP contribution in [0, 0.1) is 10.1 Å². The quantitative estimate of drug-likeness (QED) is 0.563. The van der Waals surface area contributed by atoms with Crippen LogP contribution in [0.4, 0.5) is 11.4 Å². The van der Waals surface area contributed by atoms with E-state index in [-0.39, 0.29) is 11.1 Å². The minimum atomic E-state index is -4.08. The van der Waals surface area contributed by atoms with Gasteiger partial charge in [0.05, 0.1) is 17.7 Å². The molecule has 0 spiro atoms. The predicted molar refractivity (Wildman–Crippen MR) is 107 cm³/mol. The van der Waals surface area contributed by atoms with Crippen molar-refractivity contribution in [2.24, 2.45) is 0 Å². The molecule has 1 atom stereocenters. The highest BCUT2D eigenvalue weighted by Gasteiger charge is 2.31. The lowest BCUT2D eigenvalue weighted by atomic mass is 10.1. The van der Waals surface area contributed by atoms with Gasteiger partial charge in [0.2, 0.25) is 10.0 Å². The normalized spacial score (nSPS) is 17.4. The number of para-hydroxylation sites is 2. The number of hydrogen-bond acceptors (Lipinski definition) is 6. The summed E-state index contributed by atoms with van der Waals surface area (Å²) in [6.45, 7) is 1.20. The summed E-state index contributed by atoms with van der Waals surface area (Å²) in [6, 6.07) is 10.7. The van der Waals surface area contributed by atoms with Crippen molar-refractivity contribution in [3.05, 3.63) is 57.6 Å². The van der Waals surface area contributed by atoms with Gasteiger partial charge in [-0.15, -0.1) is 0 Å². The number of nitro benzene ring substituents is 1. The van der Waals surface area contributed by atoms with E-state index in [0.29, 0.717) is 18.7 Å². The molecule has 1 N–H and O–H groups in total. The number of hydrogen-bond donors (Lipinski definition) is 1. The van der Waals surface area contributed by atoms with Crippen molar-refractivity contribution in [2.75, 3.05) is 25.1 Å². The van der Waals surface area contributed by atoms with E-state index in [4.69, 9.17) is 16.3 Å². The molecule has 0 aliphatic carbocycles. The number of piperidine rings is 1. The monoisotopic (exact) mass is 425 g/mol. The molecule has 1 fully saturated rings. The minimum absolute atomic E-state index is 0.102. The maximum absolute atomic E-state index is 12.8. The summed E-state index contributed by atoms with van der Waals surface area (Å²) in [5, 5.41) is 11.4. The molecule has 0 bridgehead atoms. The number of nitrogens with one attached hydrogen (secondary N) is 1. The van der Waals surface area contributed by atoms with Crippen LogP contribution in [0.3, 0.4) is 0 Å². The van der Waals surface area contributed by atoms with E-state index in [2.05, 4.69) is 4.72 Å². The number of benzene rings is 2. The van der Waals surface area contributed by atoms with Gasteiger partial charge in [-0.2, -0.15) is 0 Å². The van der Waals surface area contributed by atoms with E-state index < -0.39 is 25.5 Å². The minimum Gasteiger partial charge on any atom is -0.495 e. The second kappa shape index (κ2) is 8.34. The van der Waals surface area contributed by atoms with E-state index in [9.17, 15) is 18.5 Å². The number of halogens is 1. The summed E-state index contributed by atoms with van der Waals surface area (Å²) < 4.78 is 33.6. The van der Waals surface area contributed by atoms with Gasteiger partial charge in [-0.25, -0.2) is 13.1 Å². The van der Waals surface area contributed by atoms with Crippen molar-refractivity contribution in [2.45, 2.75) is 23.8 Å². The van der Waals surface area contributed by atoms with Crippen molar-refractivity contribution < 1.29 is 18.1 Å². The Bertz CT molecular complexity index is 983. The van der Waals surface area contributed by atoms with Crippen LogP contribution in [0.2, 0.25) is 5.02 Å². The molecule has 2 aromatic carbocycles. The zero-order valence-electron chi connectivity index (χ0n) is 15.2. The molecule has 0 radical (unpaired) electrons. The first kappa shape index (κ1) is 20.4. The molecule has 1 aliphatic heterocycles. The maximum atomic E-state index is 12.8. The molecular formula is C18H20ClN3O5S. The van der Waals surface area contributed by atoms with Crippen LogP contribution in [0.1, 0.15) is 12.8 Å². The average Bonchev–Trinajstić information content (AvgIpc) is 2.67. The third-order valence-corrected chi connectivity index (χ3v) is 6.38. The Labute approximate surface area is 168 Å². The van der Waals surface area contributed by atoms with Gasteiger partial charge in [-0.3, -0.25) is 10.1 Å². The van der Waals surface area contributed by atoms with Crippen LogP contribution in [0.5, 0.6) is 5.75 Å². The number of nitrogens with zero attached hydrogens (tertiary/aromatic N) is 2. The Hall–Kier alpha value is -2.36. The van der Waals surface area contributed by atoms with E-state index >= 15 is 0 Å². The van der Waals surface area contributed by atoms with Gasteiger partial charge in [-0.1, -0.05) is 23.7 Å². The van der Waals surface area contributed by atoms with Gasteiger partial charge in [0.15, 0.2) is 4.90 Å². The van der Waals surface area contributed by atoms with Crippen molar-refractivity contribution >= 4 is 33.0 Å². The Kier molecular flexibility index (Phi) is 6.07. The number of sulfonamides is 1. The Morgan fingerprint density at radius 1 is 1.29 bits per heavy atom. The van der Waals surface area contributed by atoms with Crippen LogP contribution < -0.4 is 14.4 Å². The maximum Gasteiger partial charge on any atom is 0.290 e. The second-order valence-corrected chi connectivity index (χ2v) is 8.57. The van der Waals surface area contributed by atoms with Crippen LogP contribution in [-0.2, 0) is 10.0 Å². The van der Waals surface area contributed by atoms with Gasteiger partial charge in [0.25, 0.3) is 5.69 Å². The number of methoxy groups -OCH3 is 1. The predicted octanol–water partition coefficient (Wildman–Crippen LogP) is 3.20. The largest absolute Gasteiger partial charge is 0.495 e. The fraction of sp³-hybridized carbons (Fsp3) is 0.333. The molecule has 28 heavy (non-hydrogen) atoms. The summed E-state index contributed by atoms with van der Waals surface area (Å²) in [7, 11) is -2.50. The Morgan fingerprint density at radius 2 is 2.04 bits per heavy atom. The first-order chi connectivity index (χ1) is 13.3. The zero-order valence-corrected chi connectivity index (χ0v) is 16.7.